The van der Waals surface area contributed by atoms with Gasteiger partial charge in [-0.15, -0.1) is 0 Å². The Bertz CT molecular complexity index is 923. The minimum Gasteiger partial charge on any atom is -0.480 e. The molecule has 2 aromatic rings. The summed E-state index contributed by atoms with van der Waals surface area (Å²) >= 11 is 11.9. The normalized spacial score (nSPS) is 12.7. The zero-order valence-corrected chi connectivity index (χ0v) is 16.9. The Labute approximate surface area is 177 Å². The molecule has 0 bridgehead atoms. The van der Waals surface area contributed by atoms with Crippen molar-refractivity contribution in [2.24, 2.45) is 0 Å². The quantitative estimate of drug-likeness (QED) is 0.587. The van der Waals surface area contributed by atoms with Crippen LogP contribution in [0.3, 0.4) is 0 Å². The van der Waals surface area contributed by atoms with Gasteiger partial charge >= 0.3 is 5.97 Å². The molecule has 2 aromatic carbocycles. The zero-order valence-electron chi connectivity index (χ0n) is 15.4. The molecule has 0 saturated carbocycles. The Balaban J connectivity index is 2.18. The van der Waals surface area contributed by atoms with E-state index in [0.29, 0.717) is 10.6 Å². The van der Waals surface area contributed by atoms with Crippen molar-refractivity contribution in [1.82, 2.24) is 10.6 Å². The highest BCUT2D eigenvalue weighted by molar-refractivity contribution is 6.35. The van der Waals surface area contributed by atoms with Gasteiger partial charge in [0, 0.05) is 29.8 Å². The van der Waals surface area contributed by atoms with Gasteiger partial charge in [-0.1, -0.05) is 47.5 Å². The third-order valence-corrected chi connectivity index (χ3v) is 4.72. The molecule has 154 valence electrons. The Hall–Kier alpha value is -2.64. The standard InChI is InChI=1S/C20H19Cl2FN2O4/c1-11(26)24-17(9-13-4-2-3-5-16(13)23)19(27)25-18(20(28)29)8-12-6-7-14(21)10-15(12)22/h2-7,10,17-18H,8-9H2,1H3,(H,24,26)(H,25,27)(H,28,29)/t17-,18+/m0/s1. The van der Waals surface area contributed by atoms with Crippen LogP contribution in [-0.4, -0.2) is 35.0 Å². The highest BCUT2D eigenvalue weighted by Gasteiger charge is 2.27. The second kappa shape index (κ2) is 10.2. The molecule has 6 nitrogen and oxygen atoms in total. The van der Waals surface area contributed by atoms with E-state index < -0.39 is 35.7 Å². The minimum atomic E-state index is -1.31. The van der Waals surface area contributed by atoms with Crippen molar-refractivity contribution in [1.29, 1.82) is 0 Å². The lowest BCUT2D eigenvalue weighted by Gasteiger charge is -2.21. The number of carboxylic acids is 1. The van der Waals surface area contributed by atoms with Gasteiger partial charge in [-0.2, -0.15) is 0 Å². The number of nitrogens with one attached hydrogen (secondary N) is 2. The van der Waals surface area contributed by atoms with E-state index in [1.165, 1.54) is 31.2 Å². The van der Waals surface area contributed by atoms with E-state index in [1.54, 1.807) is 18.2 Å². The largest absolute Gasteiger partial charge is 0.480 e. The van der Waals surface area contributed by atoms with Crippen molar-refractivity contribution in [3.05, 3.63) is 69.5 Å². The molecule has 0 fully saturated rings. The second-order valence-electron chi connectivity index (χ2n) is 6.39. The van der Waals surface area contributed by atoms with Crippen LogP contribution in [0.1, 0.15) is 18.1 Å². The van der Waals surface area contributed by atoms with Gasteiger partial charge in [0.05, 0.1) is 0 Å². The van der Waals surface area contributed by atoms with Crippen molar-refractivity contribution < 1.29 is 23.9 Å². The summed E-state index contributed by atoms with van der Waals surface area (Å²) in [6.45, 7) is 1.21. The van der Waals surface area contributed by atoms with Crippen LogP contribution >= 0.6 is 23.2 Å². The number of aliphatic carboxylic acids is 1. The van der Waals surface area contributed by atoms with Crippen LogP contribution in [0.4, 0.5) is 4.39 Å². The van der Waals surface area contributed by atoms with Gasteiger partial charge in [0.1, 0.15) is 17.9 Å². The molecule has 2 rings (SSSR count). The summed E-state index contributed by atoms with van der Waals surface area (Å²) in [5.74, 6) is -3.06. The first-order valence-electron chi connectivity index (χ1n) is 8.65. The number of benzene rings is 2. The lowest BCUT2D eigenvalue weighted by Crippen LogP contribution is -2.52. The van der Waals surface area contributed by atoms with Crippen LogP contribution in [0, 0.1) is 5.82 Å². The molecular weight excluding hydrogens is 422 g/mol. The third-order valence-electron chi connectivity index (χ3n) is 4.13. The van der Waals surface area contributed by atoms with Crippen LogP contribution in [0.2, 0.25) is 10.0 Å². The maximum atomic E-state index is 13.9. The lowest BCUT2D eigenvalue weighted by molar-refractivity contribution is -0.142. The maximum absolute atomic E-state index is 13.9. The highest BCUT2D eigenvalue weighted by Crippen LogP contribution is 2.22. The van der Waals surface area contributed by atoms with Crippen LogP contribution in [0.25, 0.3) is 0 Å². The number of carboxylic acid groups (broad SMARTS) is 1. The van der Waals surface area contributed by atoms with Gasteiger partial charge in [0.25, 0.3) is 0 Å². The molecule has 0 unspecified atom stereocenters. The summed E-state index contributed by atoms with van der Waals surface area (Å²) in [6.07, 6.45) is -0.226. The molecule has 0 radical (unpaired) electrons. The average Bonchev–Trinajstić information content (AvgIpc) is 2.63. The lowest BCUT2D eigenvalue weighted by atomic mass is 10.0. The summed E-state index contributed by atoms with van der Waals surface area (Å²) in [7, 11) is 0. The van der Waals surface area contributed by atoms with E-state index in [1.807, 2.05) is 0 Å². The van der Waals surface area contributed by atoms with Crippen LogP contribution < -0.4 is 10.6 Å². The molecule has 9 heteroatoms. The predicted octanol–water partition coefficient (Wildman–Crippen LogP) is 2.99. The fourth-order valence-corrected chi connectivity index (χ4v) is 3.20. The number of hydrogen-bond acceptors (Lipinski definition) is 3. The van der Waals surface area contributed by atoms with Gasteiger partial charge in [-0.05, 0) is 29.3 Å². The number of hydrogen-bond donors (Lipinski definition) is 3. The smallest absolute Gasteiger partial charge is 0.326 e. The van der Waals surface area contributed by atoms with Crippen molar-refractivity contribution >= 4 is 41.0 Å². The molecule has 2 atom stereocenters. The van der Waals surface area contributed by atoms with Gasteiger partial charge in [0.15, 0.2) is 0 Å². The van der Waals surface area contributed by atoms with E-state index in [-0.39, 0.29) is 23.4 Å². The fraction of sp³-hybridized carbons (Fsp3) is 0.250. The molecular formula is C20H19Cl2FN2O4. The van der Waals surface area contributed by atoms with Crippen LogP contribution in [-0.2, 0) is 27.2 Å². The summed E-state index contributed by atoms with van der Waals surface area (Å²) in [5, 5.41) is 15.0. The average molecular weight is 441 g/mol. The minimum absolute atomic E-state index is 0.0937. The molecule has 0 spiro atoms. The van der Waals surface area contributed by atoms with Gasteiger partial charge in [0.2, 0.25) is 11.8 Å². The van der Waals surface area contributed by atoms with E-state index in [4.69, 9.17) is 23.2 Å². The third kappa shape index (κ3) is 6.73. The van der Waals surface area contributed by atoms with Crippen molar-refractivity contribution in [3.63, 3.8) is 0 Å². The summed E-state index contributed by atoms with van der Waals surface area (Å²) in [5.41, 5.74) is 0.697. The topological polar surface area (TPSA) is 95.5 Å². The van der Waals surface area contributed by atoms with E-state index in [0.717, 1.165) is 0 Å². The second-order valence-corrected chi connectivity index (χ2v) is 7.23. The van der Waals surface area contributed by atoms with Gasteiger partial charge < -0.3 is 15.7 Å². The molecule has 0 aliphatic heterocycles. The number of halogens is 3. The molecule has 29 heavy (non-hydrogen) atoms. The first-order chi connectivity index (χ1) is 13.7. The number of carbonyl (C=O) groups is 3. The molecule has 0 saturated heterocycles. The first-order valence-corrected chi connectivity index (χ1v) is 9.40. The number of carbonyl (C=O) groups excluding carboxylic acids is 2. The van der Waals surface area contributed by atoms with E-state index >= 15 is 0 Å². The molecule has 2 amide bonds. The maximum Gasteiger partial charge on any atom is 0.326 e. The summed E-state index contributed by atoms with van der Waals surface area (Å²) < 4.78 is 13.9. The highest BCUT2D eigenvalue weighted by atomic mass is 35.5. The molecule has 3 N–H and O–H groups in total. The fourth-order valence-electron chi connectivity index (χ4n) is 2.72. The van der Waals surface area contributed by atoms with Crippen molar-refractivity contribution in [3.8, 4) is 0 Å². The summed E-state index contributed by atoms with van der Waals surface area (Å²) in [6, 6.07) is 7.97. The summed E-state index contributed by atoms with van der Waals surface area (Å²) in [4.78, 5) is 35.8. The van der Waals surface area contributed by atoms with Gasteiger partial charge in [-0.25, -0.2) is 9.18 Å². The van der Waals surface area contributed by atoms with Gasteiger partial charge in [-0.3, -0.25) is 9.59 Å². The predicted molar refractivity (Wildman–Crippen MR) is 107 cm³/mol. The van der Waals surface area contributed by atoms with Crippen LogP contribution in [0.5, 0.6) is 0 Å². The number of amides is 2. The molecule has 0 aromatic heterocycles. The van der Waals surface area contributed by atoms with Crippen molar-refractivity contribution in [2.75, 3.05) is 0 Å². The Morgan fingerprint density at radius 1 is 1.00 bits per heavy atom. The SMILES string of the molecule is CC(=O)N[C@@H](Cc1ccccc1F)C(=O)N[C@H](Cc1ccc(Cl)cc1Cl)C(=O)O. The molecule has 0 aliphatic rings. The first kappa shape index (κ1) is 22.6. The number of rotatable bonds is 8. The van der Waals surface area contributed by atoms with Crippen LogP contribution in [0.15, 0.2) is 42.5 Å². The monoisotopic (exact) mass is 440 g/mol. The molecule has 0 aliphatic carbocycles. The molecule has 0 heterocycles. The Morgan fingerprint density at radius 2 is 1.66 bits per heavy atom. The Morgan fingerprint density at radius 3 is 2.24 bits per heavy atom. The van der Waals surface area contributed by atoms with E-state index in [2.05, 4.69) is 10.6 Å². The zero-order chi connectivity index (χ0) is 21.6. The van der Waals surface area contributed by atoms with E-state index in [9.17, 15) is 23.9 Å². The Kier molecular flexibility index (Phi) is 7.99. The van der Waals surface area contributed by atoms with Crippen molar-refractivity contribution in [2.45, 2.75) is 31.8 Å².